The minimum atomic E-state index is -6.00. The van der Waals surface area contributed by atoms with Crippen molar-refractivity contribution in [1.82, 2.24) is 0 Å². The average Bonchev–Trinajstić information content (AvgIpc) is 1.77. The van der Waals surface area contributed by atoms with Gasteiger partial charge in [0.25, 0.3) is 0 Å². The van der Waals surface area contributed by atoms with Gasteiger partial charge in [0.15, 0.2) is 0 Å². The van der Waals surface area contributed by atoms with Gasteiger partial charge in [0.1, 0.15) is 0 Å². The maximum atomic E-state index is 9.75. The van der Waals surface area contributed by atoms with Crippen LogP contribution in [0.1, 0.15) is 0 Å². The topological polar surface area (TPSA) is 0 Å². The molecule has 0 saturated heterocycles. The van der Waals surface area contributed by atoms with Crippen molar-refractivity contribution in [2.45, 2.75) is 0 Å². The van der Waals surface area contributed by atoms with Crippen molar-refractivity contribution in [3.63, 3.8) is 0 Å². The molecule has 0 N–H and O–H groups in total. The van der Waals surface area contributed by atoms with Gasteiger partial charge in [-0.15, -0.1) is 0 Å². The third kappa shape index (κ3) is 7740. The van der Waals surface area contributed by atoms with Crippen LogP contribution in [-0.2, 0) is 0 Å². The maximum absolute atomic E-state index is 9.75. The smallest absolute Gasteiger partial charge is 0.521 e. The minimum absolute atomic E-state index is 0. The molecule has 0 aliphatic rings. The Labute approximate surface area is 137 Å². The second-order valence-electron chi connectivity index (χ2n) is 1.48. The van der Waals surface area contributed by atoms with E-state index in [-0.39, 0.29) is 51.4 Å². The van der Waals surface area contributed by atoms with E-state index in [0.29, 0.717) is 0 Å². The predicted octanol–water partition coefficient (Wildman–Crippen LogP) is 1.51. The van der Waals surface area contributed by atoms with Crippen LogP contribution in [0.5, 0.6) is 0 Å². The molecule has 108 valence electrons. The summed E-state index contributed by atoms with van der Waals surface area (Å²) in [5.74, 6) is 0. The van der Waals surface area contributed by atoms with Gasteiger partial charge in [0.2, 0.25) is 0 Å². The molecule has 0 aromatic carbocycles. The van der Waals surface area contributed by atoms with E-state index in [9.17, 15) is 51.8 Å². The van der Waals surface area contributed by atoms with Crippen LogP contribution in [0, 0.1) is 6.58 Å². The molecule has 0 spiro atoms. The Morgan fingerprint density at radius 1 is 0.444 bits per heavy atom. The van der Waals surface area contributed by atoms with Crippen molar-refractivity contribution in [2.75, 3.05) is 0 Å². The van der Waals surface area contributed by atoms with Crippen molar-refractivity contribution in [2.24, 2.45) is 0 Å². The summed E-state index contributed by atoms with van der Waals surface area (Å²) in [6, 6.07) is 0. The van der Waals surface area contributed by atoms with Crippen LogP contribution >= 0.6 is 0 Å². The molecule has 0 aromatic rings. The fourth-order valence-corrected chi connectivity index (χ4v) is 0. The van der Waals surface area contributed by atoms with Gasteiger partial charge in [0.05, 0.1) is 0 Å². The van der Waals surface area contributed by atoms with Crippen molar-refractivity contribution in [3.8, 4) is 0 Å². The summed E-state index contributed by atoms with van der Waals surface area (Å²) < 4.78 is 117. The number of hydrogen-bond donors (Lipinski definition) is 0. The van der Waals surface area contributed by atoms with Crippen LogP contribution in [-0.4, -0.2) is 21.8 Å². The predicted molar refractivity (Wildman–Crippen MR) is 40.5 cm³/mol. The molecule has 0 unspecified atom stereocenters. The van der Waals surface area contributed by atoms with Gasteiger partial charge in [-0.05, 0) is 0 Å². The molecule has 0 amide bonds. The Morgan fingerprint density at radius 3 is 0.444 bits per heavy atom. The van der Waals surface area contributed by atoms with E-state index in [1.54, 1.807) is 0 Å². The molecule has 0 atom stereocenters. The van der Waals surface area contributed by atoms with E-state index >= 15 is 0 Å². The summed E-state index contributed by atoms with van der Waals surface area (Å²) >= 11 is 0. The zero-order valence-electron chi connectivity index (χ0n) is 8.55. The van der Waals surface area contributed by atoms with Gasteiger partial charge in [-0.2, -0.15) is 0 Å². The van der Waals surface area contributed by atoms with E-state index in [0.717, 1.165) is 0 Å². The van der Waals surface area contributed by atoms with Crippen LogP contribution in [0.2, 0.25) is 0 Å². The number of rotatable bonds is 0. The monoisotopic (exact) mass is 327 g/mol. The molecule has 0 aliphatic carbocycles. The summed E-state index contributed by atoms with van der Waals surface area (Å²) in [7, 11) is -18.0. The number of halogens is 12. The summed E-state index contributed by atoms with van der Waals surface area (Å²) in [5.41, 5.74) is 0. The first-order valence-corrected chi connectivity index (χ1v) is 3.03. The van der Waals surface area contributed by atoms with Gasteiger partial charge in [-0.3, -0.25) is 6.58 Å². The van der Waals surface area contributed by atoms with Crippen LogP contribution < -0.4 is 51.4 Å². The largest absolute Gasteiger partial charge is 1.00 e. The van der Waals surface area contributed by atoms with E-state index < -0.39 is 21.8 Å². The summed E-state index contributed by atoms with van der Waals surface area (Å²) in [6.45, 7) is 7.00. The summed E-state index contributed by atoms with van der Waals surface area (Å²) in [5, 5.41) is 0. The molecule has 0 saturated carbocycles. The second kappa shape index (κ2) is 14.1. The Kier molecular flexibility index (Phi) is 24.5. The molecule has 16 heteroatoms. The Balaban J connectivity index is -0.0000000427. The average molecular weight is 327 g/mol. The summed E-state index contributed by atoms with van der Waals surface area (Å²) in [6.07, 6.45) is 0. The third-order valence-corrected chi connectivity index (χ3v) is 0. The SMILES string of the molecule is F[B-](F)(F)F.F[B-](F)(F)F.F[B-](F)(F)F.[CH-]=C.[K+]. The molecular weight excluding hydrogens is 324 g/mol. The maximum Gasteiger partial charge on any atom is 1.00 e. The van der Waals surface area contributed by atoms with Gasteiger partial charge in [-0.1, -0.05) is 0 Å². The minimum Gasteiger partial charge on any atom is -0.521 e. The molecule has 0 nitrogen and oxygen atoms in total. The quantitative estimate of drug-likeness (QED) is 0.360. The van der Waals surface area contributed by atoms with Crippen molar-refractivity contribution in [1.29, 1.82) is 0 Å². The summed E-state index contributed by atoms with van der Waals surface area (Å²) in [4.78, 5) is 0. The Bertz CT molecular complexity index is 112. The molecule has 0 rings (SSSR count). The third-order valence-electron chi connectivity index (χ3n) is 0. The van der Waals surface area contributed by atoms with Crippen LogP contribution in [0.15, 0.2) is 6.58 Å². The van der Waals surface area contributed by atoms with Gasteiger partial charge < -0.3 is 58.4 Å². The van der Waals surface area contributed by atoms with Crippen molar-refractivity contribution >= 4 is 21.8 Å². The van der Waals surface area contributed by atoms with E-state index in [2.05, 4.69) is 13.2 Å². The van der Waals surface area contributed by atoms with Crippen molar-refractivity contribution < 1.29 is 103 Å². The standard InChI is InChI=1S/C2H3.3BF4.K/c1-2;3*2-1(3,4)5;/h1H,2H2;;;;/q4*-1;+1. The molecular formula is C2H3B3F12K-3. The molecule has 18 heavy (non-hydrogen) atoms. The Hall–Kier alpha value is 0.731. The van der Waals surface area contributed by atoms with E-state index in [1.165, 1.54) is 0 Å². The molecule has 0 aromatic heterocycles. The first-order chi connectivity index (χ1) is 7.00. The van der Waals surface area contributed by atoms with Crippen LogP contribution in [0.3, 0.4) is 0 Å². The van der Waals surface area contributed by atoms with E-state index in [4.69, 9.17) is 0 Å². The number of hydrogen-bond acceptors (Lipinski definition) is 0. The molecule has 0 fully saturated rings. The van der Waals surface area contributed by atoms with Gasteiger partial charge in [-0.25, -0.2) is 0 Å². The molecule has 0 bridgehead atoms. The van der Waals surface area contributed by atoms with E-state index in [1.807, 2.05) is 0 Å². The first-order valence-electron chi connectivity index (χ1n) is 3.03. The fraction of sp³-hybridized carbons (Fsp3) is 0. The van der Waals surface area contributed by atoms with Crippen molar-refractivity contribution in [3.05, 3.63) is 13.2 Å². The molecule has 0 aliphatic heterocycles. The van der Waals surface area contributed by atoms with Gasteiger partial charge in [0, 0.05) is 0 Å². The molecule has 0 radical (unpaired) electrons. The molecule has 0 heterocycles. The van der Waals surface area contributed by atoms with Gasteiger partial charge >= 0.3 is 73.1 Å². The fourth-order valence-electron chi connectivity index (χ4n) is 0. The zero-order chi connectivity index (χ0) is 15.5. The van der Waals surface area contributed by atoms with Crippen LogP contribution in [0.4, 0.5) is 51.8 Å². The first kappa shape index (κ1) is 31.2. The normalized spacial score (nSPS) is 10.2. The van der Waals surface area contributed by atoms with Crippen LogP contribution in [0.25, 0.3) is 0 Å². The second-order valence-corrected chi connectivity index (χ2v) is 1.48. The zero-order valence-corrected chi connectivity index (χ0v) is 11.7. The Morgan fingerprint density at radius 2 is 0.444 bits per heavy atom.